The summed E-state index contributed by atoms with van der Waals surface area (Å²) in [6.45, 7) is 0. The first-order chi connectivity index (χ1) is 6.98. The Labute approximate surface area is 86.8 Å². The third-order valence-electron chi connectivity index (χ3n) is 2.10. The van der Waals surface area contributed by atoms with Crippen LogP contribution in [0.5, 0.6) is 0 Å². The fourth-order valence-electron chi connectivity index (χ4n) is 1.36. The number of nitrogen functional groups attached to an aromatic ring is 1. The Morgan fingerprint density at radius 3 is 2.60 bits per heavy atom. The summed E-state index contributed by atoms with van der Waals surface area (Å²) in [5, 5.41) is 6.43. The van der Waals surface area contributed by atoms with Gasteiger partial charge in [-0.25, -0.2) is 18.5 Å². The minimum Gasteiger partial charge on any atom is -0.383 e. The zero-order chi connectivity index (χ0) is 11.1. The number of rotatable bonds is 1. The first kappa shape index (κ1) is 9.88. The minimum atomic E-state index is -3.67. The number of anilines is 1. The SMILES string of the molecule is Nc1nccc2cc(S(N)(=O)=O)ccc12. The number of nitrogens with two attached hydrogens (primary N) is 2. The Morgan fingerprint density at radius 2 is 1.93 bits per heavy atom. The maximum Gasteiger partial charge on any atom is 0.238 e. The fraction of sp³-hybridized carbons (Fsp3) is 0. The van der Waals surface area contributed by atoms with Gasteiger partial charge in [-0.2, -0.15) is 0 Å². The minimum absolute atomic E-state index is 0.0700. The van der Waals surface area contributed by atoms with Crippen LogP contribution >= 0.6 is 0 Å². The van der Waals surface area contributed by atoms with Crippen molar-refractivity contribution < 1.29 is 8.42 Å². The van der Waals surface area contributed by atoms with Gasteiger partial charge in [0.2, 0.25) is 10.0 Å². The Kier molecular flexibility index (Phi) is 2.09. The smallest absolute Gasteiger partial charge is 0.238 e. The lowest BCUT2D eigenvalue weighted by molar-refractivity contribution is 0.598. The van der Waals surface area contributed by atoms with Gasteiger partial charge >= 0.3 is 0 Å². The lowest BCUT2D eigenvalue weighted by Crippen LogP contribution is -2.11. The molecule has 0 saturated carbocycles. The van der Waals surface area contributed by atoms with Crippen LogP contribution < -0.4 is 10.9 Å². The number of benzene rings is 1. The van der Waals surface area contributed by atoms with E-state index in [9.17, 15) is 8.42 Å². The molecule has 1 heterocycles. The van der Waals surface area contributed by atoms with Crippen LogP contribution in [0.15, 0.2) is 35.4 Å². The molecule has 0 radical (unpaired) electrons. The fourth-order valence-corrected chi connectivity index (χ4v) is 1.91. The molecule has 0 atom stereocenters. The van der Waals surface area contributed by atoms with Crippen molar-refractivity contribution in [1.29, 1.82) is 0 Å². The lowest BCUT2D eigenvalue weighted by Gasteiger charge is -2.02. The number of fused-ring (bicyclic) bond motifs is 1. The Morgan fingerprint density at radius 1 is 1.20 bits per heavy atom. The van der Waals surface area contributed by atoms with Gasteiger partial charge in [0.25, 0.3) is 0 Å². The number of primary sulfonamides is 1. The summed E-state index contributed by atoms with van der Waals surface area (Å²) in [6.07, 6.45) is 1.52. The molecule has 15 heavy (non-hydrogen) atoms. The van der Waals surface area contributed by atoms with Crippen molar-refractivity contribution in [2.45, 2.75) is 4.90 Å². The van der Waals surface area contributed by atoms with Crippen LogP contribution in [0.4, 0.5) is 5.82 Å². The standard InChI is InChI=1S/C9H9N3O2S/c10-9-8-2-1-7(15(11,13)14)5-6(8)3-4-12-9/h1-5H,(H2,10,12)(H2,11,13,14). The molecule has 1 aromatic carbocycles. The van der Waals surface area contributed by atoms with E-state index in [0.717, 1.165) is 0 Å². The van der Waals surface area contributed by atoms with E-state index in [-0.39, 0.29) is 4.90 Å². The average molecular weight is 223 g/mol. The summed E-state index contributed by atoms with van der Waals surface area (Å²) in [5.41, 5.74) is 5.62. The van der Waals surface area contributed by atoms with E-state index in [0.29, 0.717) is 16.6 Å². The molecule has 0 aliphatic carbocycles. The summed E-state index contributed by atoms with van der Waals surface area (Å²) in [7, 11) is -3.67. The van der Waals surface area contributed by atoms with E-state index in [1.165, 1.54) is 18.3 Å². The molecule has 0 amide bonds. The summed E-state index contributed by atoms with van der Waals surface area (Å²) in [4.78, 5) is 3.97. The van der Waals surface area contributed by atoms with Crippen molar-refractivity contribution in [3.8, 4) is 0 Å². The van der Waals surface area contributed by atoms with Crippen molar-refractivity contribution in [1.82, 2.24) is 4.98 Å². The molecule has 0 saturated heterocycles. The Hall–Kier alpha value is -1.66. The van der Waals surface area contributed by atoms with Crippen molar-refractivity contribution in [2.75, 3.05) is 5.73 Å². The Bertz CT molecular complexity index is 622. The summed E-state index contributed by atoms with van der Waals surface area (Å²) in [6, 6.07) is 6.16. The van der Waals surface area contributed by atoms with Crippen LogP contribution in [-0.4, -0.2) is 13.4 Å². The second kappa shape index (κ2) is 3.18. The summed E-state index contributed by atoms with van der Waals surface area (Å²) in [5.74, 6) is 0.369. The van der Waals surface area contributed by atoms with E-state index in [4.69, 9.17) is 10.9 Å². The number of pyridine rings is 1. The van der Waals surface area contributed by atoms with Gasteiger partial charge < -0.3 is 5.73 Å². The summed E-state index contributed by atoms with van der Waals surface area (Å²) >= 11 is 0. The van der Waals surface area contributed by atoms with Crippen LogP contribution in [0.2, 0.25) is 0 Å². The van der Waals surface area contributed by atoms with Crippen molar-refractivity contribution in [2.24, 2.45) is 5.14 Å². The van der Waals surface area contributed by atoms with Crippen LogP contribution in [0, 0.1) is 0 Å². The van der Waals surface area contributed by atoms with E-state index < -0.39 is 10.0 Å². The number of nitrogens with zero attached hydrogens (tertiary/aromatic N) is 1. The zero-order valence-electron chi connectivity index (χ0n) is 7.71. The van der Waals surface area contributed by atoms with Crippen molar-refractivity contribution in [3.05, 3.63) is 30.5 Å². The number of sulfonamides is 1. The molecule has 0 fully saturated rings. The molecule has 0 aliphatic rings. The summed E-state index contributed by atoms with van der Waals surface area (Å²) < 4.78 is 22.2. The molecule has 6 heteroatoms. The quantitative estimate of drug-likeness (QED) is 0.733. The van der Waals surface area contributed by atoms with Gasteiger partial charge in [-0.15, -0.1) is 0 Å². The molecule has 5 nitrogen and oxygen atoms in total. The molecule has 1 aromatic heterocycles. The molecule has 2 aromatic rings. The predicted molar refractivity (Wildman–Crippen MR) is 57.5 cm³/mol. The first-order valence-electron chi connectivity index (χ1n) is 4.15. The van der Waals surface area contributed by atoms with Crippen LogP contribution in [0.3, 0.4) is 0 Å². The molecule has 2 rings (SSSR count). The van der Waals surface area contributed by atoms with E-state index >= 15 is 0 Å². The lowest BCUT2D eigenvalue weighted by atomic mass is 10.2. The van der Waals surface area contributed by atoms with Gasteiger partial charge in [-0.05, 0) is 29.7 Å². The highest BCUT2D eigenvalue weighted by atomic mass is 32.2. The highest BCUT2D eigenvalue weighted by Crippen LogP contribution is 2.21. The van der Waals surface area contributed by atoms with Gasteiger partial charge in [0.05, 0.1) is 4.90 Å². The van der Waals surface area contributed by atoms with Crippen LogP contribution in [-0.2, 0) is 10.0 Å². The number of aromatic nitrogens is 1. The maximum absolute atomic E-state index is 11.1. The monoisotopic (exact) mass is 223 g/mol. The molecular formula is C9H9N3O2S. The molecule has 0 aliphatic heterocycles. The molecular weight excluding hydrogens is 214 g/mol. The molecule has 0 unspecified atom stereocenters. The van der Waals surface area contributed by atoms with Gasteiger partial charge in [-0.1, -0.05) is 0 Å². The van der Waals surface area contributed by atoms with Crippen molar-refractivity contribution >= 4 is 26.6 Å². The van der Waals surface area contributed by atoms with E-state index in [1.54, 1.807) is 12.1 Å². The maximum atomic E-state index is 11.1. The molecule has 78 valence electrons. The van der Waals surface area contributed by atoms with Gasteiger partial charge in [0, 0.05) is 11.6 Å². The largest absolute Gasteiger partial charge is 0.383 e. The second-order valence-electron chi connectivity index (χ2n) is 3.12. The van der Waals surface area contributed by atoms with E-state index in [2.05, 4.69) is 4.98 Å². The predicted octanol–water partition coefficient (Wildman–Crippen LogP) is 0.464. The van der Waals surface area contributed by atoms with Gasteiger partial charge in [0.1, 0.15) is 5.82 Å². The first-order valence-corrected chi connectivity index (χ1v) is 5.70. The van der Waals surface area contributed by atoms with Crippen LogP contribution in [0.1, 0.15) is 0 Å². The average Bonchev–Trinajstić information content (AvgIpc) is 2.16. The third-order valence-corrected chi connectivity index (χ3v) is 3.01. The zero-order valence-corrected chi connectivity index (χ0v) is 8.53. The molecule has 4 N–H and O–H groups in total. The third kappa shape index (κ3) is 1.77. The normalized spacial score (nSPS) is 11.8. The highest BCUT2D eigenvalue weighted by molar-refractivity contribution is 7.89. The van der Waals surface area contributed by atoms with Gasteiger partial charge in [0.15, 0.2) is 0 Å². The van der Waals surface area contributed by atoms with E-state index in [1.807, 2.05) is 0 Å². The van der Waals surface area contributed by atoms with Crippen LogP contribution in [0.25, 0.3) is 10.8 Å². The number of hydrogen-bond acceptors (Lipinski definition) is 4. The number of hydrogen-bond donors (Lipinski definition) is 2. The second-order valence-corrected chi connectivity index (χ2v) is 4.69. The molecule has 0 spiro atoms. The van der Waals surface area contributed by atoms with Gasteiger partial charge in [-0.3, -0.25) is 0 Å². The highest BCUT2D eigenvalue weighted by Gasteiger charge is 2.08. The molecule has 0 bridgehead atoms. The topological polar surface area (TPSA) is 99.1 Å². The Balaban J connectivity index is 2.79. The van der Waals surface area contributed by atoms with Crippen molar-refractivity contribution in [3.63, 3.8) is 0 Å².